The van der Waals surface area contributed by atoms with E-state index < -0.39 is 0 Å². The summed E-state index contributed by atoms with van der Waals surface area (Å²) in [6.45, 7) is 3.71. The fourth-order valence-electron chi connectivity index (χ4n) is 2.79. The Kier molecular flexibility index (Phi) is 6.66. The van der Waals surface area contributed by atoms with Crippen molar-refractivity contribution in [3.63, 3.8) is 0 Å². The van der Waals surface area contributed by atoms with Crippen molar-refractivity contribution in [3.05, 3.63) is 35.4 Å². The summed E-state index contributed by atoms with van der Waals surface area (Å²) in [6, 6.07) is 8.09. The minimum atomic E-state index is 0.434. The summed E-state index contributed by atoms with van der Waals surface area (Å²) in [4.78, 5) is 7.65. The molecule has 0 bridgehead atoms. The smallest absolute Gasteiger partial charge is 0.129 e. The van der Waals surface area contributed by atoms with Crippen molar-refractivity contribution in [1.82, 2.24) is 4.90 Å². The zero-order chi connectivity index (χ0) is 16.7. The van der Waals surface area contributed by atoms with Gasteiger partial charge in [0.05, 0.1) is 12.8 Å². The van der Waals surface area contributed by atoms with E-state index >= 15 is 0 Å². The lowest BCUT2D eigenvalue weighted by atomic mass is 9.84. The van der Waals surface area contributed by atoms with E-state index in [0.29, 0.717) is 12.5 Å². The summed E-state index contributed by atoms with van der Waals surface area (Å²) in [5.41, 5.74) is 3.44. The molecule has 4 heteroatoms. The van der Waals surface area contributed by atoms with E-state index in [2.05, 4.69) is 29.1 Å². The number of methoxy groups -OCH3 is 1. The molecular weight excluding hydrogens is 288 g/mol. The highest BCUT2D eigenvalue weighted by molar-refractivity contribution is 6.05. The molecule has 0 amide bonds. The highest BCUT2D eigenvalue weighted by atomic mass is 16.6. The van der Waals surface area contributed by atoms with Gasteiger partial charge in [-0.25, -0.2) is 0 Å². The number of ether oxygens (including phenoxy) is 1. The first-order valence-corrected chi connectivity index (χ1v) is 8.30. The molecule has 1 aromatic rings. The molecule has 0 N–H and O–H groups in total. The first-order chi connectivity index (χ1) is 11.1. The lowest BCUT2D eigenvalue weighted by Crippen LogP contribution is -2.21. The monoisotopic (exact) mass is 316 g/mol. The molecule has 1 aliphatic rings. The second-order valence-electron chi connectivity index (χ2n) is 6.32. The van der Waals surface area contributed by atoms with Crippen molar-refractivity contribution < 1.29 is 9.57 Å². The number of para-hydroxylation sites is 1. The van der Waals surface area contributed by atoms with E-state index in [4.69, 9.17) is 9.57 Å². The van der Waals surface area contributed by atoms with Crippen LogP contribution < -0.4 is 4.74 Å². The van der Waals surface area contributed by atoms with E-state index in [0.717, 1.165) is 30.0 Å². The molecule has 1 fully saturated rings. The number of allylic oxidation sites excluding steroid dienone is 1. The number of nitrogens with zero attached hydrogens (tertiary/aromatic N) is 2. The van der Waals surface area contributed by atoms with E-state index in [1.165, 1.54) is 18.4 Å². The average Bonchev–Trinajstić information content (AvgIpc) is 2.54. The van der Waals surface area contributed by atoms with Crippen LogP contribution in [0.25, 0.3) is 6.08 Å². The lowest BCUT2D eigenvalue weighted by molar-refractivity contribution is 0.124. The summed E-state index contributed by atoms with van der Waals surface area (Å²) in [7, 11) is 5.78. The quantitative estimate of drug-likeness (QED) is 0.591. The lowest BCUT2D eigenvalue weighted by Gasteiger charge is -2.23. The van der Waals surface area contributed by atoms with Gasteiger partial charge >= 0.3 is 0 Å². The molecule has 1 atom stereocenters. The molecule has 126 valence electrons. The summed E-state index contributed by atoms with van der Waals surface area (Å²) in [5, 5.41) is 4.45. The predicted octanol–water partition coefficient (Wildman–Crippen LogP) is 3.83. The molecule has 0 aromatic heterocycles. The van der Waals surface area contributed by atoms with Gasteiger partial charge in [0.1, 0.15) is 12.4 Å². The van der Waals surface area contributed by atoms with Gasteiger partial charge in [-0.2, -0.15) is 0 Å². The van der Waals surface area contributed by atoms with Gasteiger partial charge in [-0.15, -0.1) is 0 Å². The van der Waals surface area contributed by atoms with Crippen LogP contribution in [-0.4, -0.2) is 45.0 Å². The normalized spacial score (nSPS) is 21.9. The van der Waals surface area contributed by atoms with Crippen LogP contribution in [0.4, 0.5) is 0 Å². The SMILES string of the molecule is COc1ccccc1C=C1CCC[C@H](C)C1=NOCCN(C)C. The van der Waals surface area contributed by atoms with Gasteiger partial charge in [0, 0.05) is 18.0 Å². The third kappa shape index (κ3) is 5.10. The maximum Gasteiger partial charge on any atom is 0.129 e. The standard InChI is InChI=1S/C19H28N2O2/c1-15-8-7-10-17(19(15)20-23-13-12-21(2)3)14-16-9-5-6-11-18(16)22-4/h5-6,9,11,14-15H,7-8,10,12-13H2,1-4H3/t15-/m0/s1. The molecule has 0 spiro atoms. The van der Waals surface area contributed by atoms with E-state index in [-0.39, 0.29) is 0 Å². The van der Waals surface area contributed by atoms with Crippen molar-refractivity contribution in [1.29, 1.82) is 0 Å². The van der Waals surface area contributed by atoms with Gasteiger partial charge in [0.25, 0.3) is 0 Å². The number of oxime groups is 1. The van der Waals surface area contributed by atoms with Crippen LogP contribution in [0.15, 0.2) is 35.0 Å². The number of benzene rings is 1. The summed E-state index contributed by atoms with van der Waals surface area (Å²) in [6.07, 6.45) is 5.60. The van der Waals surface area contributed by atoms with Crippen LogP contribution in [0.1, 0.15) is 31.7 Å². The van der Waals surface area contributed by atoms with Crippen molar-refractivity contribution >= 4 is 11.8 Å². The Bertz CT molecular complexity index is 564. The molecule has 0 unspecified atom stereocenters. The van der Waals surface area contributed by atoms with Gasteiger partial charge in [0.15, 0.2) is 0 Å². The van der Waals surface area contributed by atoms with Crippen LogP contribution in [0.2, 0.25) is 0 Å². The molecule has 23 heavy (non-hydrogen) atoms. The van der Waals surface area contributed by atoms with Gasteiger partial charge in [-0.1, -0.05) is 30.3 Å². The second-order valence-corrected chi connectivity index (χ2v) is 6.32. The average molecular weight is 316 g/mol. The number of hydrogen-bond donors (Lipinski definition) is 0. The summed E-state index contributed by atoms with van der Waals surface area (Å²) < 4.78 is 5.45. The molecule has 2 rings (SSSR count). The van der Waals surface area contributed by atoms with Crippen LogP contribution in [0.3, 0.4) is 0 Å². The first-order valence-electron chi connectivity index (χ1n) is 8.30. The fourth-order valence-corrected chi connectivity index (χ4v) is 2.79. The molecule has 0 saturated heterocycles. The third-order valence-corrected chi connectivity index (χ3v) is 4.14. The minimum absolute atomic E-state index is 0.434. The molecule has 0 aliphatic heterocycles. The molecule has 4 nitrogen and oxygen atoms in total. The predicted molar refractivity (Wildman–Crippen MR) is 95.9 cm³/mol. The van der Waals surface area contributed by atoms with Crippen LogP contribution in [0, 0.1) is 5.92 Å². The Balaban J connectivity index is 2.19. The zero-order valence-electron chi connectivity index (χ0n) is 14.7. The third-order valence-electron chi connectivity index (χ3n) is 4.14. The van der Waals surface area contributed by atoms with Gasteiger partial charge in [-0.05, 0) is 51.1 Å². The summed E-state index contributed by atoms with van der Waals surface area (Å²) >= 11 is 0. The van der Waals surface area contributed by atoms with Gasteiger partial charge in [0.2, 0.25) is 0 Å². The fraction of sp³-hybridized carbons (Fsp3) is 0.526. The topological polar surface area (TPSA) is 34.1 Å². The first kappa shape index (κ1) is 17.5. The minimum Gasteiger partial charge on any atom is -0.496 e. The maximum atomic E-state index is 5.55. The highest BCUT2D eigenvalue weighted by Gasteiger charge is 2.22. The van der Waals surface area contributed by atoms with Crippen molar-refractivity contribution in [2.24, 2.45) is 11.1 Å². The van der Waals surface area contributed by atoms with E-state index in [9.17, 15) is 0 Å². The molecule has 1 saturated carbocycles. The number of likely N-dealkylation sites (N-methyl/N-ethyl adjacent to an activating group) is 1. The van der Waals surface area contributed by atoms with Gasteiger partial charge < -0.3 is 14.5 Å². The van der Waals surface area contributed by atoms with E-state index in [1.807, 2.05) is 32.3 Å². The molecule has 1 aromatic carbocycles. The second kappa shape index (κ2) is 8.73. The van der Waals surface area contributed by atoms with Crippen LogP contribution in [-0.2, 0) is 4.84 Å². The number of hydrogen-bond acceptors (Lipinski definition) is 4. The molecule has 0 heterocycles. The Labute approximate surface area is 139 Å². The highest BCUT2D eigenvalue weighted by Crippen LogP contribution is 2.30. The molecule has 1 aliphatic carbocycles. The summed E-state index contributed by atoms with van der Waals surface area (Å²) in [5.74, 6) is 1.33. The Morgan fingerprint density at radius 1 is 1.30 bits per heavy atom. The van der Waals surface area contributed by atoms with Crippen LogP contribution in [0.5, 0.6) is 5.75 Å². The molecular formula is C19H28N2O2. The Morgan fingerprint density at radius 3 is 2.83 bits per heavy atom. The van der Waals surface area contributed by atoms with Crippen molar-refractivity contribution in [2.45, 2.75) is 26.2 Å². The number of rotatable bonds is 6. The van der Waals surface area contributed by atoms with Crippen molar-refractivity contribution in [2.75, 3.05) is 34.4 Å². The van der Waals surface area contributed by atoms with Crippen LogP contribution >= 0.6 is 0 Å². The Morgan fingerprint density at radius 2 is 2.09 bits per heavy atom. The largest absolute Gasteiger partial charge is 0.496 e. The zero-order valence-corrected chi connectivity index (χ0v) is 14.7. The Hall–Kier alpha value is -1.81. The van der Waals surface area contributed by atoms with Crippen molar-refractivity contribution in [3.8, 4) is 5.75 Å². The van der Waals surface area contributed by atoms with E-state index in [1.54, 1.807) is 7.11 Å². The molecule has 0 radical (unpaired) electrons. The van der Waals surface area contributed by atoms with Gasteiger partial charge in [-0.3, -0.25) is 0 Å². The maximum absolute atomic E-state index is 5.55.